The number of nitro groups is 1. The summed E-state index contributed by atoms with van der Waals surface area (Å²) in [7, 11) is 1.39. The highest BCUT2D eigenvalue weighted by Gasteiger charge is 2.23. The molecule has 1 aliphatic rings. The van der Waals surface area contributed by atoms with Crippen molar-refractivity contribution >= 4 is 17.5 Å². The Kier molecular flexibility index (Phi) is 4.36. The lowest BCUT2D eigenvalue weighted by Gasteiger charge is -2.23. The average molecular weight is 293 g/mol. The lowest BCUT2D eigenvalue weighted by Crippen LogP contribution is -2.47. The normalized spacial score (nSPS) is 17.8. The first-order valence-corrected chi connectivity index (χ1v) is 6.41. The van der Waals surface area contributed by atoms with Gasteiger partial charge in [-0.3, -0.25) is 19.7 Å². The number of non-ortho nitro benzene ring substituents is 1. The number of amides is 2. The smallest absolute Gasteiger partial charge is 0.270 e. The van der Waals surface area contributed by atoms with E-state index >= 15 is 0 Å². The van der Waals surface area contributed by atoms with Gasteiger partial charge in [0.2, 0.25) is 5.91 Å². The van der Waals surface area contributed by atoms with Crippen LogP contribution in [0.15, 0.2) is 18.2 Å². The van der Waals surface area contributed by atoms with Crippen molar-refractivity contribution in [1.29, 1.82) is 0 Å². The van der Waals surface area contributed by atoms with E-state index in [-0.39, 0.29) is 28.9 Å². The van der Waals surface area contributed by atoms with Crippen molar-refractivity contribution in [3.8, 4) is 5.75 Å². The van der Waals surface area contributed by atoms with Gasteiger partial charge >= 0.3 is 0 Å². The standard InChI is InChI=1S/C13H15N3O5/c1-21-11-4-3-9(16(19)20)6-10(11)13(18)15-8-2-5-12(17)14-7-8/h3-4,6,8H,2,5,7H2,1H3,(H,14,17)(H,15,18). The number of ether oxygens (including phenoxy) is 1. The molecule has 1 fully saturated rings. The number of rotatable bonds is 4. The van der Waals surface area contributed by atoms with Gasteiger partial charge in [0.25, 0.3) is 11.6 Å². The van der Waals surface area contributed by atoms with E-state index in [1.807, 2.05) is 0 Å². The maximum atomic E-state index is 12.2. The molecule has 0 saturated carbocycles. The summed E-state index contributed by atoms with van der Waals surface area (Å²) < 4.78 is 5.05. The maximum Gasteiger partial charge on any atom is 0.270 e. The number of carbonyl (C=O) groups is 2. The minimum atomic E-state index is -0.572. The first-order chi connectivity index (χ1) is 10.0. The third kappa shape index (κ3) is 3.47. The second-order valence-electron chi connectivity index (χ2n) is 4.65. The fraction of sp³-hybridized carbons (Fsp3) is 0.385. The quantitative estimate of drug-likeness (QED) is 0.624. The molecule has 112 valence electrons. The van der Waals surface area contributed by atoms with Crippen molar-refractivity contribution in [1.82, 2.24) is 10.6 Å². The van der Waals surface area contributed by atoms with Gasteiger partial charge < -0.3 is 15.4 Å². The fourth-order valence-corrected chi connectivity index (χ4v) is 2.11. The van der Waals surface area contributed by atoms with Crippen LogP contribution in [0.2, 0.25) is 0 Å². The number of methoxy groups -OCH3 is 1. The molecule has 0 bridgehead atoms. The zero-order chi connectivity index (χ0) is 15.4. The van der Waals surface area contributed by atoms with Gasteiger partial charge in [0.15, 0.2) is 0 Å². The number of nitrogens with zero attached hydrogens (tertiary/aromatic N) is 1. The summed E-state index contributed by atoms with van der Waals surface area (Å²) in [5, 5.41) is 16.2. The van der Waals surface area contributed by atoms with Crippen molar-refractivity contribution in [2.24, 2.45) is 0 Å². The number of nitro benzene ring substituents is 1. The lowest BCUT2D eigenvalue weighted by atomic mass is 10.1. The summed E-state index contributed by atoms with van der Waals surface area (Å²) in [6.07, 6.45) is 0.881. The predicted molar refractivity (Wildman–Crippen MR) is 73.1 cm³/mol. The molecule has 0 aromatic heterocycles. The van der Waals surface area contributed by atoms with Crippen molar-refractivity contribution in [2.75, 3.05) is 13.7 Å². The molecular formula is C13H15N3O5. The Morgan fingerprint density at radius 1 is 1.52 bits per heavy atom. The Bertz CT molecular complexity index is 577. The summed E-state index contributed by atoms with van der Waals surface area (Å²) in [6, 6.07) is 3.64. The fourth-order valence-electron chi connectivity index (χ4n) is 2.11. The maximum absolute atomic E-state index is 12.2. The number of carbonyl (C=O) groups excluding carboxylic acids is 2. The van der Waals surface area contributed by atoms with Crippen LogP contribution in [0.5, 0.6) is 5.75 Å². The Hall–Kier alpha value is -2.64. The van der Waals surface area contributed by atoms with Crippen molar-refractivity contribution in [3.63, 3.8) is 0 Å². The third-order valence-electron chi connectivity index (χ3n) is 3.24. The minimum Gasteiger partial charge on any atom is -0.496 e. The molecule has 1 unspecified atom stereocenters. The molecule has 1 saturated heterocycles. The molecule has 0 radical (unpaired) electrons. The van der Waals surface area contributed by atoms with Crippen LogP contribution in [0.1, 0.15) is 23.2 Å². The van der Waals surface area contributed by atoms with Gasteiger partial charge in [-0.05, 0) is 12.5 Å². The van der Waals surface area contributed by atoms with Gasteiger partial charge in [0.05, 0.1) is 17.6 Å². The molecule has 2 rings (SSSR count). The molecule has 2 amide bonds. The van der Waals surface area contributed by atoms with Gasteiger partial charge in [-0.15, -0.1) is 0 Å². The lowest BCUT2D eigenvalue weighted by molar-refractivity contribution is -0.384. The molecule has 2 N–H and O–H groups in total. The van der Waals surface area contributed by atoms with Crippen LogP contribution in [0.3, 0.4) is 0 Å². The second kappa shape index (κ2) is 6.21. The molecule has 21 heavy (non-hydrogen) atoms. The molecule has 8 heteroatoms. The van der Waals surface area contributed by atoms with Crippen LogP contribution < -0.4 is 15.4 Å². The molecular weight excluding hydrogens is 278 g/mol. The first-order valence-electron chi connectivity index (χ1n) is 6.41. The van der Waals surface area contributed by atoms with Crippen LogP contribution >= 0.6 is 0 Å². The van der Waals surface area contributed by atoms with Crippen molar-refractivity contribution in [3.05, 3.63) is 33.9 Å². The molecule has 0 aliphatic carbocycles. The van der Waals surface area contributed by atoms with E-state index in [4.69, 9.17) is 4.74 Å². The molecule has 1 aromatic carbocycles. The van der Waals surface area contributed by atoms with Crippen LogP contribution in [0.4, 0.5) is 5.69 Å². The zero-order valence-electron chi connectivity index (χ0n) is 11.4. The van der Waals surface area contributed by atoms with E-state index in [0.717, 1.165) is 0 Å². The van der Waals surface area contributed by atoms with Crippen LogP contribution in [0, 0.1) is 10.1 Å². The van der Waals surface area contributed by atoms with Gasteiger partial charge in [0.1, 0.15) is 5.75 Å². The van der Waals surface area contributed by atoms with Crippen LogP contribution in [-0.4, -0.2) is 36.4 Å². The third-order valence-corrected chi connectivity index (χ3v) is 3.24. The largest absolute Gasteiger partial charge is 0.496 e. The second-order valence-corrected chi connectivity index (χ2v) is 4.65. The van der Waals surface area contributed by atoms with E-state index in [1.54, 1.807) is 0 Å². The van der Waals surface area contributed by atoms with E-state index in [2.05, 4.69) is 10.6 Å². The van der Waals surface area contributed by atoms with Crippen LogP contribution in [0.25, 0.3) is 0 Å². The van der Waals surface area contributed by atoms with Gasteiger partial charge in [-0.25, -0.2) is 0 Å². The molecule has 1 aromatic rings. The highest BCUT2D eigenvalue weighted by atomic mass is 16.6. The van der Waals surface area contributed by atoms with Gasteiger partial charge in [-0.2, -0.15) is 0 Å². The topological polar surface area (TPSA) is 111 Å². The Labute approximate surface area is 120 Å². The van der Waals surface area contributed by atoms with Gasteiger partial charge in [0, 0.05) is 31.1 Å². The summed E-state index contributed by atoms with van der Waals surface area (Å²) in [5.74, 6) is -0.247. The molecule has 0 spiro atoms. The molecule has 1 atom stereocenters. The van der Waals surface area contributed by atoms with Crippen LogP contribution in [-0.2, 0) is 4.79 Å². The highest BCUT2D eigenvalue weighted by Crippen LogP contribution is 2.24. The highest BCUT2D eigenvalue weighted by molar-refractivity contribution is 5.98. The number of piperidine rings is 1. The van der Waals surface area contributed by atoms with Crippen molar-refractivity contribution < 1.29 is 19.2 Å². The summed E-state index contributed by atoms with van der Waals surface area (Å²) in [6.45, 7) is 0.349. The molecule has 1 heterocycles. The Balaban J connectivity index is 2.15. The minimum absolute atomic E-state index is 0.0478. The Morgan fingerprint density at radius 2 is 2.29 bits per heavy atom. The van der Waals surface area contributed by atoms with E-state index in [9.17, 15) is 19.7 Å². The number of hydrogen-bond acceptors (Lipinski definition) is 5. The number of hydrogen-bond donors (Lipinski definition) is 2. The number of nitrogens with one attached hydrogen (secondary N) is 2. The van der Waals surface area contributed by atoms with Crippen molar-refractivity contribution in [2.45, 2.75) is 18.9 Å². The average Bonchev–Trinajstić information content (AvgIpc) is 2.48. The monoisotopic (exact) mass is 293 g/mol. The first kappa shape index (κ1) is 14.8. The summed E-state index contributed by atoms with van der Waals surface area (Å²) >= 11 is 0. The molecule has 8 nitrogen and oxygen atoms in total. The predicted octanol–water partition coefficient (Wildman–Crippen LogP) is 0.612. The van der Waals surface area contributed by atoms with E-state index in [0.29, 0.717) is 19.4 Å². The SMILES string of the molecule is COc1ccc([N+](=O)[O-])cc1C(=O)NC1CCC(=O)NC1. The van der Waals surface area contributed by atoms with Gasteiger partial charge in [-0.1, -0.05) is 0 Å². The summed E-state index contributed by atoms with van der Waals surface area (Å²) in [5.41, 5.74) is -0.0819. The Morgan fingerprint density at radius 3 is 2.86 bits per heavy atom. The van der Waals surface area contributed by atoms with E-state index < -0.39 is 10.8 Å². The molecule has 1 aliphatic heterocycles. The summed E-state index contributed by atoms with van der Waals surface area (Å²) in [4.78, 5) is 33.5. The number of benzene rings is 1. The van der Waals surface area contributed by atoms with E-state index in [1.165, 1.54) is 25.3 Å². The zero-order valence-corrected chi connectivity index (χ0v) is 11.4.